The molecular weight excluding hydrogens is 524 g/mol. The second-order valence-corrected chi connectivity index (χ2v) is 11.9. The van der Waals surface area contributed by atoms with Crippen molar-refractivity contribution in [3.05, 3.63) is 91.5 Å². The Hall–Kier alpha value is -3.22. The van der Waals surface area contributed by atoms with E-state index in [1.54, 1.807) is 12.1 Å². The first-order chi connectivity index (χ1) is 20.5. The molecule has 0 fully saturated rings. The molecule has 1 aliphatic rings. The number of aryl methyl sites for hydroxylation is 2. The van der Waals surface area contributed by atoms with Crippen LogP contribution in [0.5, 0.6) is 0 Å². The summed E-state index contributed by atoms with van der Waals surface area (Å²) >= 11 is 0. The zero-order valence-corrected chi connectivity index (χ0v) is 25.3. The SMILES string of the molecule is CCCCCCCCn1c2c(c(=O)c3ccccc31)C(O)c1c(c(=O)c3ccccc3n1CCCCCCCC)C2O. The number of aromatic nitrogens is 2. The molecule has 2 aromatic carbocycles. The van der Waals surface area contributed by atoms with Crippen molar-refractivity contribution in [2.75, 3.05) is 0 Å². The molecule has 1 aliphatic carbocycles. The van der Waals surface area contributed by atoms with Gasteiger partial charge in [0.15, 0.2) is 10.9 Å². The molecule has 0 aliphatic heterocycles. The minimum absolute atomic E-state index is 0.200. The van der Waals surface area contributed by atoms with Crippen LogP contribution in [-0.4, -0.2) is 19.3 Å². The first kappa shape index (κ1) is 30.2. The number of pyridine rings is 2. The summed E-state index contributed by atoms with van der Waals surface area (Å²) in [6.07, 6.45) is 10.7. The van der Waals surface area contributed by atoms with Crippen molar-refractivity contribution in [1.29, 1.82) is 0 Å². The maximum atomic E-state index is 14.0. The Morgan fingerprint density at radius 2 is 0.905 bits per heavy atom. The second-order valence-electron chi connectivity index (χ2n) is 11.9. The average molecular weight is 571 g/mol. The van der Waals surface area contributed by atoms with Crippen molar-refractivity contribution in [2.45, 2.75) is 116 Å². The summed E-state index contributed by atoms with van der Waals surface area (Å²) in [6.45, 7) is 5.62. The highest BCUT2D eigenvalue weighted by molar-refractivity contribution is 5.83. The van der Waals surface area contributed by atoms with E-state index in [0.29, 0.717) is 35.2 Å². The van der Waals surface area contributed by atoms with E-state index in [1.807, 2.05) is 45.5 Å². The summed E-state index contributed by atoms with van der Waals surface area (Å²) in [6, 6.07) is 14.9. The molecule has 5 rings (SSSR count). The van der Waals surface area contributed by atoms with Gasteiger partial charge in [-0.15, -0.1) is 0 Å². The third kappa shape index (κ3) is 5.71. The zero-order chi connectivity index (χ0) is 29.6. The zero-order valence-electron chi connectivity index (χ0n) is 25.3. The van der Waals surface area contributed by atoms with Gasteiger partial charge in [0.1, 0.15) is 12.2 Å². The van der Waals surface area contributed by atoms with Gasteiger partial charge >= 0.3 is 0 Å². The number of unbranched alkanes of at least 4 members (excludes halogenated alkanes) is 10. The van der Waals surface area contributed by atoms with Crippen LogP contribution < -0.4 is 10.9 Å². The van der Waals surface area contributed by atoms with Crippen molar-refractivity contribution in [2.24, 2.45) is 0 Å². The van der Waals surface area contributed by atoms with E-state index in [0.717, 1.165) is 49.6 Å². The summed E-state index contributed by atoms with van der Waals surface area (Å²) < 4.78 is 3.99. The third-order valence-electron chi connectivity index (χ3n) is 9.04. The van der Waals surface area contributed by atoms with Crippen LogP contribution >= 0.6 is 0 Å². The number of hydrogen-bond acceptors (Lipinski definition) is 4. The molecule has 2 heterocycles. The van der Waals surface area contributed by atoms with Crippen LogP contribution in [-0.2, 0) is 13.1 Å². The molecule has 42 heavy (non-hydrogen) atoms. The van der Waals surface area contributed by atoms with Crippen LogP contribution in [0, 0.1) is 0 Å². The van der Waals surface area contributed by atoms with E-state index in [2.05, 4.69) is 13.8 Å². The smallest absolute Gasteiger partial charge is 0.195 e. The molecule has 6 heteroatoms. The van der Waals surface area contributed by atoms with Crippen LogP contribution in [0.4, 0.5) is 0 Å². The van der Waals surface area contributed by atoms with E-state index < -0.39 is 12.2 Å². The molecule has 2 atom stereocenters. The maximum Gasteiger partial charge on any atom is 0.195 e. The van der Waals surface area contributed by atoms with Crippen LogP contribution in [0.15, 0.2) is 58.1 Å². The molecule has 2 unspecified atom stereocenters. The van der Waals surface area contributed by atoms with Gasteiger partial charge in [-0.3, -0.25) is 9.59 Å². The van der Waals surface area contributed by atoms with Gasteiger partial charge in [-0.25, -0.2) is 0 Å². The fraction of sp³-hybridized carbons (Fsp3) is 0.500. The van der Waals surface area contributed by atoms with Crippen molar-refractivity contribution in [1.82, 2.24) is 9.13 Å². The lowest BCUT2D eigenvalue weighted by atomic mass is 9.84. The Bertz CT molecular complexity index is 1530. The molecule has 0 saturated heterocycles. The molecular formula is C36H46N2O4. The molecule has 0 amide bonds. The van der Waals surface area contributed by atoms with Crippen molar-refractivity contribution in [3.63, 3.8) is 0 Å². The predicted octanol–water partition coefficient (Wildman–Crippen LogP) is 7.51. The third-order valence-corrected chi connectivity index (χ3v) is 9.04. The average Bonchev–Trinajstić information content (AvgIpc) is 3.01. The van der Waals surface area contributed by atoms with Crippen molar-refractivity contribution in [3.8, 4) is 0 Å². The number of hydrogen-bond donors (Lipinski definition) is 2. The lowest BCUT2D eigenvalue weighted by molar-refractivity contribution is 0.155. The molecule has 0 radical (unpaired) electrons. The van der Waals surface area contributed by atoms with Crippen LogP contribution in [0.25, 0.3) is 21.8 Å². The Morgan fingerprint density at radius 1 is 0.548 bits per heavy atom. The van der Waals surface area contributed by atoms with Crippen LogP contribution in [0.3, 0.4) is 0 Å². The van der Waals surface area contributed by atoms with Gasteiger partial charge in [0.25, 0.3) is 0 Å². The second kappa shape index (κ2) is 13.8. The Labute approximate surface area is 248 Å². The molecule has 224 valence electrons. The molecule has 4 aromatic rings. The number of rotatable bonds is 14. The van der Waals surface area contributed by atoms with Gasteiger partial charge < -0.3 is 19.3 Å². The molecule has 6 nitrogen and oxygen atoms in total. The number of aliphatic hydroxyl groups excluding tert-OH is 2. The summed E-state index contributed by atoms with van der Waals surface area (Å²) in [7, 11) is 0. The van der Waals surface area contributed by atoms with Gasteiger partial charge in [0.05, 0.1) is 33.5 Å². The van der Waals surface area contributed by atoms with Gasteiger partial charge in [-0.2, -0.15) is 0 Å². The van der Waals surface area contributed by atoms with E-state index in [4.69, 9.17) is 0 Å². The largest absolute Gasteiger partial charge is 0.382 e. The summed E-state index contributed by atoms with van der Waals surface area (Å²) in [5, 5.41) is 25.1. The highest BCUT2D eigenvalue weighted by atomic mass is 16.3. The van der Waals surface area contributed by atoms with Gasteiger partial charge in [-0.05, 0) is 37.1 Å². The molecule has 0 saturated carbocycles. The fourth-order valence-corrected chi connectivity index (χ4v) is 6.85. The fourth-order valence-electron chi connectivity index (χ4n) is 6.85. The van der Waals surface area contributed by atoms with Crippen LogP contribution in [0.2, 0.25) is 0 Å². The lowest BCUT2D eigenvalue weighted by Crippen LogP contribution is -2.36. The molecule has 0 spiro atoms. The van der Waals surface area contributed by atoms with Gasteiger partial charge in [0, 0.05) is 23.9 Å². The molecule has 2 N–H and O–H groups in total. The van der Waals surface area contributed by atoms with Crippen molar-refractivity contribution >= 4 is 21.8 Å². The van der Waals surface area contributed by atoms with E-state index in [-0.39, 0.29) is 22.0 Å². The van der Waals surface area contributed by atoms with Gasteiger partial charge in [-0.1, -0.05) is 102 Å². The number of fused-ring (bicyclic) bond motifs is 4. The minimum atomic E-state index is -1.30. The van der Waals surface area contributed by atoms with E-state index >= 15 is 0 Å². The monoisotopic (exact) mass is 570 g/mol. The number of nitrogens with zero attached hydrogens (tertiary/aromatic N) is 2. The Balaban J connectivity index is 1.63. The maximum absolute atomic E-state index is 14.0. The number of para-hydroxylation sites is 2. The van der Waals surface area contributed by atoms with Gasteiger partial charge in [0.2, 0.25) is 0 Å². The minimum Gasteiger partial charge on any atom is -0.382 e. The lowest BCUT2D eigenvalue weighted by Gasteiger charge is -2.34. The Morgan fingerprint density at radius 3 is 1.31 bits per heavy atom. The summed E-state index contributed by atoms with van der Waals surface area (Å²) in [4.78, 5) is 28.0. The Kier molecular flexibility index (Phi) is 9.96. The molecule has 0 bridgehead atoms. The first-order valence-electron chi connectivity index (χ1n) is 16.2. The first-order valence-corrected chi connectivity index (χ1v) is 16.2. The highest BCUT2D eigenvalue weighted by Crippen LogP contribution is 2.41. The van der Waals surface area contributed by atoms with E-state index in [1.165, 1.54) is 38.5 Å². The standard InChI is InChI=1S/C36H46N2O4/c1-3-5-7-9-11-17-23-37-27-21-15-13-19-25(27)33(39)29-31(37)35(41)30-32(36(29)42)38(24-18-12-10-8-6-4-2)28-22-16-14-20-26(28)34(30)40/h13-16,19-22,35-36,41-42H,3-12,17-18,23-24H2,1-2H3. The molecule has 2 aromatic heterocycles. The number of benzene rings is 2. The quantitative estimate of drug-likeness (QED) is 0.154. The van der Waals surface area contributed by atoms with E-state index in [9.17, 15) is 19.8 Å². The van der Waals surface area contributed by atoms with Crippen LogP contribution in [0.1, 0.15) is 126 Å². The predicted molar refractivity (Wildman–Crippen MR) is 171 cm³/mol. The summed E-state index contributed by atoms with van der Waals surface area (Å²) in [5.74, 6) is 0. The highest BCUT2D eigenvalue weighted by Gasteiger charge is 2.39. The van der Waals surface area contributed by atoms with Crippen molar-refractivity contribution < 1.29 is 10.2 Å². The summed E-state index contributed by atoms with van der Waals surface area (Å²) in [5.41, 5.74) is 2.05. The topological polar surface area (TPSA) is 84.5 Å². The normalized spacial score (nSPS) is 16.2. The number of aliphatic hydroxyl groups is 2.